The molecule has 0 N–H and O–H groups in total. The van der Waals surface area contributed by atoms with Crippen LogP contribution in [0, 0.1) is 5.92 Å². The zero-order valence-corrected chi connectivity index (χ0v) is 7.01. The Morgan fingerprint density at radius 3 is 3.09 bits per heavy atom. The molecule has 1 aliphatic carbocycles. The van der Waals surface area contributed by atoms with Crippen molar-refractivity contribution in [1.29, 1.82) is 0 Å². The van der Waals surface area contributed by atoms with E-state index in [0.29, 0.717) is 5.92 Å². The smallest absolute Gasteiger partial charge is 0.0493 e. The van der Waals surface area contributed by atoms with E-state index in [2.05, 4.69) is 17.1 Å². The number of nitrogens with zero attached hydrogens (tertiary/aromatic N) is 2. The quantitative estimate of drug-likeness (QED) is 0.548. The Labute approximate surface area is 67.4 Å². The molecule has 1 fully saturated rings. The van der Waals surface area contributed by atoms with Crippen molar-refractivity contribution in [1.82, 2.24) is 0 Å². The Morgan fingerprint density at radius 2 is 2.27 bits per heavy atom. The molecule has 0 spiro atoms. The summed E-state index contributed by atoms with van der Waals surface area (Å²) in [5.41, 5.74) is 2.67. The maximum atomic E-state index is 4.21. The standard InChI is InChI=1S/C9H14N2/c1-2-8-7-5-3-4-6-9(7)11-10-8/h7H,2-6H2,1H3/t7-/m1/s1. The van der Waals surface area contributed by atoms with Gasteiger partial charge in [0.15, 0.2) is 0 Å². The van der Waals surface area contributed by atoms with Gasteiger partial charge in [-0.25, -0.2) is 0 Å². The highest BCUT2D eigenvalue weighted by molar-refractivity contribution is 6.10. The Hall–Kier alpha value is -0.660. The van der Waals surface area contributed by atoms with Gasteiger partial charge in [-0.1, -0.05) is 13.3 Å². The molecule has 0 aromatic rings. The molecule has 1 saturated carbocycles. The molecular weight excluding hydrogens is 136 g/mol. The lowest BCUT2D eigenvalue weighted by molar-refractivity contribution is 0.616. The third-order valence-corrected chi connectivity index (χ3v) is 2.65. The molecule has 0 amide bonds. The molecule has 60 valence electrons. The van der Waals surface area contributed by atoms with Crippen LogP contribution in [0.15, 0.2) is 10.2 Å². The molecule has 2 heteroatoms. The summed E-state index contributed by atoms with van der Waals surface area (Å²) in [6.07, 6.45) is 6.26. The maximum Gasteiger partial charge on any atom is 0.0493 e. The van der Waals surface area contributed by atoms with Gasteiger partial charge in [0.25, 0.3) is 0 Å². The largest absolute Gasteiger partial charge is 0.159 e. The van der Waals surface area contributed by atoms with Gasteiger partial charge < -0.3 is 0 Å². The highest BCUT2D eigenvalue weighted by Crippen LogP contribution is 2.27. The minimum absolute atomic E-state index is 0.647. The highest BCUT2D eigenvalue weighted by Gasteiger charge is 2.27. The van der Waals surface area contributed by atoms with Crippen molar-refractivity contribution in [2.24, 2.45) is 16.1 Å². The molecular formula is C9H14N2. The first-order valence-corrected chi connectivity index (χ1v) is 4.55. The van der Waals surface area contributed by atoms with Gasteiger partial charge >= 0.3 is 0 Å². The molecule has 0 aromatic heterocycles. The third kappa shape index (κ3) is 1.10. The van der Waals surface area contributed by atoms with Gasteiger partial charge in [-0.2, -0.15) is 10.2 Å². The van der Waals surface area contributed by atoms with Crippen molar-refractivity contribution >= 4 is 11.4 Å². The molecule has 1 atom stereocenters. The first kappa shape index (κ1) is 7.01. The van der Waals surface area contributed by atoms with E-state index in [1.54, 1.807) is 0 Å². The van der Waals surface area contributed by atoms with E-state index >= 15 is 0 Å². The Kier molecular flexibility index (Phi) is 1.76. The van der Waals surface area contributed by atoms with E-state index in [9.17, 15) is 0 Å². The second-order valence-electron chi connectivity index (χ2n) is 3.33. The summed E-state index contributed by atoms with van der Waals surface area (Å²) in [5, 5.41) is 8.42. The summed E-state index contributed by atoms with van der Waals surface area (Å²) >= 11 is 0. The molecule has 2 rings (SSSR count). The fourth-order valence-electron chi connectivity index (χ4n) is 1.99. The molecule has 0 radical (unpaired) electrons. The molecule has 0 unspecified atom stereocenters. The summed E-state index contributed by atoms with van der Waals surface area (Å²) in [4.78, 5) is 0. The second-order valence-corrected chi connectivity index (χ2v) is 3.33. The van der Waals surface area contributed by atoms with Crippen molar-refractivity contribution in [2.45, 2.75) is 39.0 Å². The predicted octanol–water partition coefficient (Wildman–Crippen LogP) is 2.40. The van der Waals surface area contributed by atoms with Crippen LogP contribution in [0.5, 0.6) is 0 Å². The molecule has 0 aromatic carbocycles. The van der Waals surface area contributed by atoms with Crippen LogP contribution in [0.4, 0.5) is 0 Å². The normalized spacial score (nSPS) is 29.4. The van der Waals surface area contributed by atoms with Gasteiger partial charge in [0, 0.05) is 17.3 Å². The minimum atomic E-state index is 0.647. The first-order valence-electron chi connectivity index (χ1n) is 4.55. The molecule has 0 bridgehead atoms. The second kappa shape index (κ2) is 2.76. The summed E-state index contributed by atoms with van der Waals surface area (Å²) in [5.74, 6) is 0.647. The van der Waals surface area contributed by atoms with E-state index in [4.69, 9.17) is 0 Å². The van der Waals surface area contributed by atoms with Crippen LogP contribution in [0.25, 0.3) is 0 Å². The van der Waals surface area contributed by atoms with Crippen LogP contribution in [-0.4, -0.2) is 11.4 Å². The average Bonchev–Trinajstić information content (AvgIpc) is 2.47. The molecule has 2 aliphatic rings. The Bertz CT molecular complexity index is 204. The van der Waals surface area contributed by atoms with Crippen molar-refractivity contribution in [3.8, 4) is 0 Å². The van der Waals surface area contributed by atoms with Crippen molar-refractivity contribution in [3.05, 3.63) is 0 Å². The molecule has 11 heavy (non-hydrogen) atoms. The summed E-state index contributed by atoms with van der Waals surface area (Å²) < 4.78 is 0. The van der Waals surface area contributed by atoms with Gasteiger partial charge in [0.05, 0.1) is 0 Å². The van der Waals surface area contributed by atoms with Crippen molar-refractivity contribution in [2.75, 3.05) is 0 Å². The maximum absolute atomic E-state index is 4.21. The molecule has 1 heterocycles. The van der Waals surface area contributed by atoms with Gasteiger partial charge in [0.1, 0.15) is 0 Å². The fraction of sp³-hybridized carbons (Fsp3) is 0.778. The first-order chi connectivity index (χ1) is 5.42. The Morgan fingerprint density at radius 1 is 1.36 bits per heavy atom. The zero-order chi connectivity index (χ0) is 7.68. The van der Waals surface area contributed by atoms with Crippen LogP contribution in [0.1, 0.15) is 39.0 Å². The number of hydrogen-bond donors (Lipinski definition) is 0. The van der Waals surface area contributed by atoms with Gasteiger partial charge in [-0.05, 0) is 25.7 Å². The van der Waals surface area contributed by atoms with Gasteiger partial charge in [-0.15, -0.1) is 0 Å². The van der Waals surface area contributed by atoms with E-state index in [1.165, 1.54) is 37.1 Å². The van der Waals surface area contributed by atoms with Crippen LogP contribution < -0.4 is 0 Å². The van der Waals surface area contributed by atoms with Gasteiger partial charge in [-0.3, -0.25) is 0 Å². The van der Waals surface area contributed by atoms with Crippen LogP contribution in [0.3, 0.4) is 0 Å². The topological polar surface area (TPSA) is 24.7 Å². The number of hydrogen-bond acceptors (Lipinski definition) is 2. The highest BCUT2D eigenvalue weighted by atomic mass is 15.2. The summed E-state index contributed by atoms with van der Waals surface area (Å²) in [6.45, 7) is 2.17. The van der Waals surface area contributed by atoms with E-state index in [-0.39, 0.29) is 0 Å². The van der Waals surface area contributed by atoms with Crippen LogP contribution in [-0.2, 0) is 0 Å². The SMILES string of the molecule is CCC1=NN=C2CCCC[C@H]12. The molecule has 0 saturated heterocycles. The van der Waals surface area contributed by atoms with E-state index in [0.717, 1.165) is 6.42 Å². The lowest BCUT2D eigenvalue weighted by atomic mass is 9.84. The van der Waals surface area contributed by atoms with Gasteiger partial charge in [0.2, 0.25) is 0 Å². The van der Waals surface area contributed by atoms with Crippen LogP contribution >= 0.6 is 0 Å². The Balaban J connectivity index is 2.13. The zero-order valence-electron chi connectivity index (χ0n) is 7.01. The molecule has 1 aliphatic heterocycles. The monoisotopic (exact) mass is 150 g/mol. The molecule has 2 nitrogen and oxygen atoms in total. The fourth-order valence-corrected chi connectivity index (χ4v) is 1.99. The lowest BCUT2D eigenvalue weighted by Crippen LogP contribution is -2.22. The van der Waals surface area contributed by atoms with Crippen LogP contribution in [0.2, 0.25) is 0 Å². The summed E-state index contributed by atoms with van der Waals surface area (Å²) in [6, 6.07) is 0. The average molecular weight is 150 g/mol. The van der Waals surface area contributed by atoms with E-state index < -0.39 is 0 Å². The number of rotatable bonds is 1. The summed E-state index contributed by atoms with van der Waals surface area (Å²) in [7, 11) is 0. The number of fused-ring (bicyclic) bond motifs is 1. The lowest BCUT2D eigenvalue weighted by Gasteiger charge is -2.19. The van der Waals surface area contributed by atoms with E-state index in [1.807, 2.05) is 0 Å². The third-order valence-electron chi connectivity index (χ3n) is 2.65. The minimum Gasteiger partial charge on any atom is -0.159 e. The van der Waals surface area contributed by atoms with Crippen molar-refractivity contribution < 1.29 is 0 Å². The van der Waals surface area contributed by atoms with Crippen molar-refractivity contribution in [3.63, 3.8) is 0 Å². The predicted molar refractivity (Wildman–Crippen MR) is 47.1 cm³/mol.